The fourth-order valence-electron chi connectivity index (χ4n) is 3.81. The first-order chi connectivity index (χ1) is 13.9. The molecular weight excluding hydrogens is 344 g/mol. The molecule has 1 aliphatic heterocycles. The van der Waals surface area contributed by atoms with Gasteiger partial charge in [-0.25, -0.2) is 0 Å². The fourth-order valence-corrected chi connectivity index (χ4v) is 3.81. The lowest BCUT2D eigenvalue weighted by Gasteiger charge is -2.36. The summed E-state index contributed by atoms with van der Waals surface area (Å²) in [7, 11) is 0. The molecular formula is C25H28N2O. The maximum atomic E-state index is 6.37. The minimum atomic E-state index is -0.00647. The Hall–Kier alpha value is -2.62. The summed E-state index contributed by atoms with van der Waals surface area (Å²) >= 11 is 0. The van der Waals surface area contributed by atoms with Gasteiger partial charge in [-0.2, -0.15) is 0 Å². The average molecular weight is 373 g/mol. The molecule has 144 valence electrons. The van der Waals surface area contributed by atoms with Crippen LogP contribution >= 0.6 is 0 Å². The van der Waals surface area contributed by atoms with Gasteiger partial charge in [0.1, 0.15) is 6.10 Å². The smallest absolute Gasteiger partial charge is 0.108 e. The van der Waals surface area contributed by atoms with Crippen LogP contribution in [0.1, 0.15) is 17.2 Å². The van der Waals surface area contributed by atoms with Gasteiger partial charge in [0.2, 0.25) is 0 Å². The Morgan fingerprint density at radius 1 is 0.643 bits per heavy atom. The summed E-state index contributed by atoms with van der Waals surface area (Å²) in [5, 5.41) is 0. The first kappa shape index (κ1) is 18.7. The van der Waals surface area contributed by atoms with E-state index in [-0.39, 0.29) is 6.10 Å². The zero-order valence-corrected chi connectivity index (χ0v) is 16.3. The third-order valence-electron chi connectivity index (χ3n) is 5.39. The molecule has 0 atom stereocenters. The van der Waals surface area contributed by atoms with Crippen molar-refractivity contribution >= 4 is 5.69 Å². The van der Waals surface area contributed by atoms with Gasteiger partial charge in [-0.05, 0) is 23.3 Å². The van der Waals surface area contributed by atoms with Crippen molar-refractivity contribution in [2.75, 3.05) is 44.2 Å². The summed E-state index contributed by atoms with van der Waals surface area (Å²) in [5.41, 5.74) is 3.75. The number of nitrogens with zero attached hydrogens (tertiary/aromatic N) is 2. The Labute approximate surface area is 168 Å². The minimum Gasteiger partial charge on any atom is -0.369 e. The quantitative estimate of drug-likeness (QED) is 0.602. The molecule has 0 unspecified atom stereocenters. The molecule has 3 nitrogen and oxygen atoms in total. The lowest BCUT2D eigenvalue weighted by atomic mass is 10.0. The summed E-state index contributed by atoms with van der Waals surface area (Å²) in [6.45, 7) is 6.02. The predicted molar refractivity (Wildman–Crippen MR) is 116 cm³/mol. The monoisotopic (exact) mass is 372 g/mol. The van der Waals surface area contributed by atoms with Crippen molar-refractivity contribution in [2.45, 2.75) is 6.10 Å². The van der Waals surface area contributed by atoms with Gasteiger partial charge in [-0.1, -0.05) is 78.9 Å². The first-order valence-electron chi connectivity index (χ1n) is 10.1. The Balaban J connectivity index is 1.31. The van der Waals surface area contributed by atoms with Crippen molar-refractivity contribution in [1.82, 2.24) is 4.90 Å². The van der Waals surface area contributed by atoms with Crippen molar-refractivity contribution in [3.8, 4) is 0 Å². The van der Waals surface area contributed by atoms with Crippen LogP contribution in [0.4, 0.5) is 5.69 Å². The molecule has 0 aromatic heterocycles. The van der Waals surface area contributed by atoms with Gasteiger partial charge in [0.15, 0.2) is 0 Å². The highest BCUT2D eigenvalue weighted by Gasteiger charge is 2.18. The largest absolute Gasteiger partial charge is 0.369 e. The Morgan fingerprint density at radius 3 is 1.68 bits per heavy atom. The van der Waals surface area contributed by atoms with Gasteiger partial charge in [0, 0.05) is 38.4 Å². The number of hydrogen-bond donors (Lipinski definition) is 0. The van der Waals surface area contributed by atoms with E-state index in [1.165, 1.54) is 16.8 Å². The lowest BCUT2D eigenvalue weighted by Crippen LogP contribution is -2.47. The molecule has 28 heavy (non-hydrogen) atoms. The van der Waals surface area contributed by atoms with E-state index < -0.39 is 0 Å². The zero-order chi connectivity index (χ0) is 19.0. The Kier molecular flexibility index (Phi) is 6.38. The van der Waals surface area contributed by atoms with Gasteiger partial charge >= 0.3 is 0 Å². The molecule has 0 aliphatic carbocycles. The molecule has 1 fully saturated rings. The molecule has 0 spiro atoms. The molecule has 1 saturated heterocycles. The van der Waals surface area contributed by atoms with E-state index in [1.807, 2.05) is 0 Å². The average Bonchev–Trinajstić information content (AvgIpc) is 2.79. The molecule has 0 radical (unpaired) electrons. The van der Waals surface area contributed by atoms with Crippen LogP contribution < -0.4 is 4.90 Å². The maximum Gasteiger partial charge on any atom is 0.108 e. The molecule has 3 aromatic carbocycles. The van der Waals surface area contributed by atoms with E-state index in [0.29, 0.717) is 0 Å². The van der Waals surface area contributed by atoms with E-state index in [2.05, 4.69) is 101 Å². The van der Waals surface area contributed by atoms with Gasteiger partial charge in [0.25, 0.3) is 0 Å². The predicted octanol–water partition coefficient (Wildman–Crippen LogP) is 4.61. The highest BCUT2D eigenvalue weighted by molar-refractivity contribution is 5.46. The number of piperazine rings is 1. The summed E-state index contributed by atoms with van der Waals surface area (Å²) in [4.78, 5) is 4.97. The minimum absolute atomic E-state index is 0.00647. The Morgan fingerprint density at radius 2 is 1.14 bits per heavy atom. The molecule has 0 bridgehead atoms. The third kappa shape index (κ3) is 4.80. The maximum absolute atomic E-state index is 6.37. The van der Waals surface area contributed by atoms with Crippen LogP contribution in [0.5, 0.6) is 0 Å². The number of para-hydroxylation sites is 1. The molecule has 3 heteroatoms. The highest BCUT2D eigenvalue weighted by Crippen LogP contribution is 2.25. The van der Waals surface area contributed by atoms with Crippen LogP contribution in [0.25, 0.3) is 0 Å². The summed E-state index contributed by atoms with van der Waals surface area (Å²) in [6.07, 6.45) is -0.00647. The second-order valence-electron chi connectivity index (χ2n) is 7.24. The van der Waals surface area contributed by atoms with Crippen LogP contribution in [0.3, 0.4) is 0 Å². The van der Waals surface area contributed by atoms with Gasteiger partial charge in [-0.15, -0.1) is 0 Å². The summed E-state index contributed by atoms with van der Waals surface area (Å²) < 4.78 is 6.37. The second-order valence-corrected chi connectivity index (χ2v) is 7.24. The SMILES string of the molecule is c1ccc(C(OCCN2CCN(c3ccccc3)CC2)c2ccccc2)cc1. The standard InChI is InChI=1S/C25H28N2O/c1-4-10-22(11-5-1)25(23-12-6-2-7-13-23)28-21-20-26-16-18-27(19-17-26)24-14-8-3-9-15-24/h1-15,25H,16-21H2. The molecule has 4 rings (SSSR count). The normalized spacial score (nSPS) is 15.1. The van der Waals surface area contributed by atoms with Crippen LogP contribution in [-0.2, 0) is 4.74 Å². The fraction of sp³-hybridized carbons (Fsp3) is 0.280. The van der Waals surface area contributed by atoms with Crippen molar-refractivity contribution in [2.24, 2.45) is 0 Å². The molecule has 1 aliphatic rings. The van der Waals surface area contributed by atoms with Crippen LogP contribution in [-0.4, -0.2) is 44.2 Å². The number of rotatable bonds is 7. The van der Waals surface area contributed by atoms with Gasteiger partial charge in [-0.3, -0.25) is 4.90 Å². The first-order valence-corrected chi connectivity index (χ1v) is 10.1. The summed E-state index contributed by atoms with van der Waals surface area (Å²) in [5.74, 6) is 0. The van der Waals surface area contributed by atoms with E-state index in [0.717, 1.165) is 39.3 Å². The van der Waals surface area contributed by atoms with Crippen molar-refractivity contribution in [3.63, 3.8) is 0 Å². The van der Waals surface area contributed by atoms with E-state index >= 15 is 0 Å². The van der Waals surface area contributed by atoms with E-state index in [1.54, 1.807) is 0 Å². The van der Waals surface area contributed by atoms with Crippen LogP contribution in [0.2, 0.25) is 0 Å². The van der Waals surface area contributed by atoms with Crippen LogP contribution in [0.15, 0.2) is 91.0 Å². The lowest BCUT2D eigenvalue weighted by molar-refractivity contribution is 0.0586. The van der Waals surface area contributed by atoms with Crippen molar-refractivity contribution in [1.29, 1.82) is 0 Å². The Bertz CT molecular complexity index is 775. The van der Waals surface area contributed by atoms with Crippen molar-refractivity contribution < 1.29 is 4.74 Å². The van der Waals surface area contributed by atoms with Crippen molar-refractivity contribution in [3.05, 3.63) is 102 Å². The number of anilines is 1. The topological polar surface area (TPSA) is 15.7 Å². The van der Waals surface area contributed by atoms with Gasteiger partial charge in [0.05, 0.1) is 6.61 Å². The second kappa shape index (κ2) is 9.54. The molecule has 1 heterocycles. The molecule has 0 saturated carbocycles. The third-order valence-corrected chi connectivity index (χ3v) is 5.39. The number of ether oxygens (including phenoxy) is 1. The number of benzene rings is 3. The zero-order valence-electron chi connectivity index (χ0n) is 16.3. The molecule has 0 N–H and O–H groups in total. The van der Waals surface area contributed by atoms with Gasteiger partial charge < -0.3 is 9.64 Å². The van der Waals surface area contributed by atoms with E-state index in [9.17, 15) is 0 Å². The van der Waals surface area contributed by atoms with E-state index in [4.69, 9.17) is 4.74 Å². The number of hydrogen-bond acceptors (Lipinski definition) is 3. The highest BCUT2D eigenvalue weighted by atomic mass is 16.5. The summed E-state index contributed by atoms with van der Waals surface area (Å²) in [6, 6.07) is 31.7. The van der Waals surface area contributed by atoms with Crippen LogP contribution in [0, 0.1) is 0 Å². The molecule has 0 amide bonds. The molecule has 3 aromatic rings.